The normalized spacial score (nSPS) is 19.3. The zero-order chi connectivity index (χ0) is 13.9. The first-order valence-electron chi connectivity index (χ1n) is 7.06. The molecule has 1 saturated carbocycles. The van der Waals surface area contributed by atoms with Crippen LogP contribution in [0, 0.1) is 16.7 Å². The predicted molar refractivity (Wildman–Crippen MR) is 76.5 cm³/mol. The van der Waals surface area contributed by atoms with Crippen LogP contribution in [0.25, 0.3) is 0 Å². The van der Waals surface area contributed by atoms with Crippen molar-refractivity contribution in [3.63, 3.8) is 0 Å². The lowest BCUT2D eigenvalue weighted by Crippen LogP contribution is -2.36. The van der Waals surface area contributed by atoms with E-state index in [9.17, 15) is 0 Å². The lowest BCUT2D eigenvalue weighted by atomic mass is 9.75. The Hall–Kier alpha value is -1.40. The molecular weight excluding hydrogens is 234 g/mol. The summed E-state index contributed by atoms with van der Waals surface area (Å²) in [4.78, 5) is 6.51. The van der Waals surface area contributed by atoms with Gasteiger partial charge in [0.2, 0.25) is 0 Å². The van der Waals surface area contributed by atoms with Crippen LogP contribution in [0.3, 0.4) is 0 Å². The van der Waals surface area contributed by atoms with Gasteiger partial charge in [-0.05, 0) is 44.2 Å². The van der Waals surface area contributed by atoms with Crippen LogP contribution < -0.4 is 0 Å². The third kappa shape index (κ3) is 3.54. The lowest BCUT2D eigenvalue weighted by Gasteiger charge is -2.38. The van der Waals surface area contributed by atoms with Crippen LogP contribution in [0.4, 0.5) is 0 Å². The van der Waals surface area contributed by atoms with Gasteiger partial charge in [-0.15, -0.1) is 0 Å². The molecule has 0 atom stereocenters. The molecule has 0 spiro atoms. The molecule has 0 N–H and O–H groups in total. The van der Waals surface area contributed by atoms with Gasteiger partial charge < -0.3 is 0 Å². The third-order valence-electron chi connectivity index (χ3n) is 4.35. The first kappa shape index (κ1) is 14.0. The average molecular weight is 257 g/mol. The van der Waals surface area contributed by atoms with E-state index >= 15 is 0 Å². The summed E-state index contributed by atoms with van der Waals surface area (Å²) in [7, 11) is 2.16. The summed E-state index contributed by atoms with van der Waals surface area (Å²) >= 11 is 0. The van der Waals surface area contributed by atoms with E-state index in [4.69, 9.17) is 5.26 Å². The third-order valence-corrected chi connectivity index (χ3v) is 4.35. The number of aromatic nitrogens is 1. The van der Waals surface area contributed by atoms with Crippen molar-refractivity contribution in [3.8, 4) is 6.07 Å². The van der Waals surface area contributed by atoms with Crippen molar-refractivity contribution in [2.24, 2.45) is 5.41 Å². The Morgan fingerprint density at radius 1 is 1.42 bits per heavy atom. The molecule has 102 valence electrons. The number of nitriles is 1. The van der Waals surface area contributed by atoms with Crippen molar-refractivity contribution in [3.05, 3.63) is 29.6 Å². The fourth-order valence-electron chi connectivity index (χ4n) is 2.89. The second-order valence-electron chi connectivity index (χ2n) is 6.43. The first-order chi connectivity index (χ1) is 9.02. The molecule has 0 radical (unpaired) electrons. The van der Waals surface area contributed by atoms with Crippen LogP contribution in [-0.2, 0) is 6.54 Å². The zero-order valence-electron chi connectivity index (χ0n) is 12.2. The minimum Gasteiger partial charge on any atom is -0.299 e. The summed E-state index contributed by atoms with van der Waals surface area (Å²) in [5.41, 5.74) is 2.10. The number of nitrogens with zero attached hydrogens (tertiary/aromatic N) is 3. The van der Waals surface area contributed by atoms with Gasteiger partial charge >= 0.3 is 0 Å². The zero-order valence-corrected chi connectivity index (χ0v) is 12.2. The van der Waals surface area contributed by atoms with Gasteiger partial charge in [-0.2, -0.15) is 5.26 Å². The molecule has 3 heteroatoms. The second kappa shape index (κ2) is 5.71. The highest BCUT2D eigenvalue weighted by Gasteiger charge is 2.28. The van der Waals surface area contributed by atoms with Gasteiger partial charge in [0.05, 0.1) is 0 Å². The van der Waals surface area contributed by atoms with Gasteiger partial charge in [0.15, 0.2) is 0 Å². The predicted octanol–water partition coefficient (Wildman–Crippen LogP) is 3.35. The fraction of sp³-hybridized carbons (Fsp3) is 0.625. The van der Waals surface area contributed by atoms with Crippen molar-refractivity contribution in [1.82, 2.24) is 9.88 Å². The van der Waals surface area contributed by atoms with E-state index in [2.05, 4.69) is 36.8 Å². The molecular formula is C16H23N3. The van der Waals surface area contributed by atoms with Gasteiger partial charge in [-0.3, -0.25) is 4.90 Å². The van der Waals surface area contributed by atoms with Crippen LogP contribution >= 0.6 is 0 Å². The average Bonchev–Trinajstić information content (AvgIpc) is 2.39. The van der Waals surface area contributed by atoms with E-state index < -0.39 is 0 Å². The summed E-state index contributed by atoms with van der Waals surface area (Å²) in [6.45, 7) is 5.54. The molecule has 0 amide bonds. The molecule has 1 aromatic rings. The monoisotopic (exact) mass is 257 g/mol. The van der Waals surface area contributed by atoms with Crippen LogP contribution in [0.2, 0.25) is 0 Å². The van der Waals surface area contributed by atoms with Crippen molar-refractivity contribution in [2.45, 2.75) is 52.1 Å². The standard InChI is InChI=1S/C16H23N3/c1-16(2)8-6-14(7-9-16)19(3)12-13-5-4-10-18-15(13)11-17/h4-5,10,14H,6-9,12H2,1-3H3. The minimum absolute atomic E-state index is 0.503. The summed E-state index contributed by atoms with van der Waals surface area (Å²) in [6.07, 6.45) is 6.78. The maximum absolute atomic E-state index is 9.08. The number of hydrogen-bond donors (Lipinski definition) is 0. The molecule has 0 aromatic carbocycles. The van der Waals surface area contributed by atoms with E-state index in [0.29, 0.717) is 17.2 Å². The van der Waals surface area contributed by atoms with Crippen LogP contribution in [0.1, 0.15) is 50.8 Å². The highest BCUT2D eigenvalue weighted by Crippen LogP contribution is 2.36. The van der Waals surface area contributed by atoms with Crippen molar-refractivity contribution in [2.75, 3.05) is 7.05 Å². The number of hydrogen-bond acceptors (Lipinski definition) is 3. The summed E-state index contributed by atoms with van der Waals surface area (Å²) < 4.78 is 0. The molecule has 19 heavy (non-hydrogen) atoms. The van der Waals surface area contributed by atoms with Gasteiger partial charge in [0.1, 0.15) is 11.8 Å². The molecule has 0 saturated heterocycles. The summed E-state index contributed by atoms with van der Waals surface area (Å²) in [5.74, 6) is 0. The topological polar surface area (TPSA) is 39.9 Å². The number of pyridine rings is 1. The lowest BCUT2D eigenvalue weighted by molar-refractivity contribution is 0.123. The van der Waals surface area contributed by atoms with E-state index in [1.165, 1.54) is 25.7 Å². The maximum atomic E-state index is 9.08. The minimum atomic E-state index is 0.503. The molecule has 1 aliphatic rings. The van der Waals surface area contributed by atoms with E-state index in [1.54, 1.807) is 6.20 Å². The Morgan fingerprint density at radius 3 is 2.74 bits per heavy atom. The smallest absolute Gasteiger partial charge is 0.144 e. The first-order valence-corrected chi connectivity index (χ1v) is 7.06. The van der Waals surface area contributed by atoms with Crippen LogP contribution in [0.15, 0.2) is 18.3 Å². The van der Waals surface area contributed by atoms with Crippen molar-refractivity contribution < 1.29 is 0 Å². The van der Waals surface area contributed by atoms with Gasteiger partial charge in [-0.1, -0.05) is 19.9 Å². The van der Waals surface area contributed by atoms with Gasteiger partial charge in [0, 0.05) is 24.3 Å². The molecule has 1 aromatic heterocycles. The Bertz CT molecular complexity index is 463. The fourth-order valence-corrected chi connectivity index (χ4v) is 2.89. The highest BCUT2D eigenvalue weighted by atomic mass is 15.1. The summed E-state index contributed by atoms with van der Waals surface area (Å²) in [5, 5.41) is 9.08. The summed E-state index contributed by atoms with van der Waals surface area (Å²) in [6, 6.07) is 6.74. The number of rotatable bonds is 3. The molecule has 0 bridgehead atoms. The van der Waals surface area contributed by atoms with Crippen molar-refractivity contribution >= 4 is 0 Å². The van der Waals surface area contributed by atoms with E-state index in [-0.39, 0.29) is 0 Å². The Labute approximate surface area is 116 Å². The second-order valence-corrected chi connectivity index (χ2v) is 6.43. The quantitative estimate of drug-likeness (QED) is 0.833. The Morgan fingerprint density at radius 2 is 2.11 bits per heavy atom. The molecule has 0 unspecified atom stereocenters. The van der Waals surface area contributed by atoms with Crippen LogP contribution in [-0.4, -0.2) is 23.0 Å². The highest BCUT2D eigenvalue weighted by molar-refractivity contribution is 5.30. The molecule has 1 aliphatic carbocycles. The SMILES string of the molecule is CN(Cc1cccnc1C#N)C1CCC(C)(C)CC1. The van der Waals surface area contributed by atoms with E-state index in [0.717, 1.165) is 12.1 Å². The Kier molecular flexibility index (Phi) is 4.21. The molecule has 1 fully saturated rings. The van der Waals surface area contributed by atoms with Crippen LogP contribution in [0.5, 0.6) is 0 Å². The molecule has 2 rings (SSSR count). The van der Waals surface area contributed by atoms with Crippen molar-refractivity contribution in [1.29, 1.82) is 5.26 Å². The largest absolute Gasteiger partial charge is 0.299 e. The molecule has 3 nitrogen and oxygen atoms in total. The Balaban J connectivity index is 1.98. The molecule has 1 heterocycles. The van der Waals surface area contributed by atoms with Gasteiger partial charge in [0.25, 0.3) is 0 Å². The van der Waals surface area contributed by atoms with E-state index in [1.807, 2.05) is 12.1 Å². The van der Waals surface area contributed by atoms with Gasteiger partial charge in [-0.25, -0.2) is 4.98 Å². The molecule has 0 aliphatic heterocycles. The maximum Gasteiger partial charge on any atom is 0.144 e.